The smallest absolute Gasteiger partial charge is 0.275 e. The van der Waals surface area contributed by atoms with E-state index in [1.165, 1.54) is 4.90 Å². The van der Waals surface area contributed by atoms with Gasteiger partial charge in [-0.2, -0.15) is 0 Å². The van der Waals surface area contributed by atoms with Crippen LogP contribution in [-0.4, -0.2) is 20.0 Å². The molecule has 37 heavy (non-hydrogen) atoms. The summed E-state index contributed by atoms with van der Waals surface area (Å²) in [7, 11) is 0. The van der Waals surface area contributed by atoms with Gasteiger partial charge in [0.15, 0.2) is 0 Å². The maximum atomic E-state index is 13.8. The van der Waals surface area contributed by atoms with Gasteiger partial charge in [0.25, 0.3) is 5.91 Å². The molecular formula is C29H24BrCl2N3O2. The molecule has 1 unspecified atom stereocenters. The molecule has 3 aromatic carbocycles. The van der Waals surface area contributed by atoms with Crippen molar-refractivity contribution in [1.82, 2.24) is 10.3 Å². The summed E-state index contributed by atoms with van der Waals surface area (Å²) in [6, 6.07) is 28.8. The molecular weight excluding hydrogens is 573 g/mol. The fourth-order valence-electron chi connectivity index (χ4n) is 4.04. The van der Waals surface area contributed by atoms with Gasteiger partial charge >= 0.3 is 0 Å². The Morgan fingerprint density at radius 2 is 1.41 bits per heavy atom. The third-order valence-electron chi connectivity index (χ3n) is 5.88. The predicted molar refractivity (Wildman–Crippen MR) is 153 cm³/mol. The number of benzene rings is 3. The van der Waals surface area contributed by atoms with Gasteiger partial charge in [-0.05, 0) is 57.7 Å². The minimum Gasteiger partial charge on any atom is -0.347 e. The van der Waals surface area contributed by atoms with E-state index in [1.807, 2.05) is 79.7 Å². The van der Waals surface area contributed by atoms with E-state index in [0.717, 1.165) is 16.7 Å². The SMILES string of the molecule is C[C@H](NC(=O)C(c1cccnc1)N(C(=O)C(Cl)(Cl)Br)c1ccc(-c2ccccc2)cc1)c1ccccc1. The Bertz CT molecular complexity index is 1330. The molecule has 0 aliphatic heterocycles. The first-order valence-electron chi connectivity index (χ1n) is 11.6. The van der Waals surface area contributed by atoms with Gasteiger partial charge in [-0.25, -0.2) is 0 Å². The Morgan fingerprint density at radius 1 is 0.838 bits per heavy atom. The normalized spacial score (nSPS) is 12.9. The number of aromatic nitrogens is 1. The standard InChI is InChI=1S/C29H24BrCl2N3O2/c1-20(21-9-4-2-5-10-21)34-27(36)26(24-13-8-18-33-19-24)35(28(37)29(30,31)32)25-16-14-23(15-17-25)22-11-6-3-7-12-22/h2-20,26H,1H3,(H,34,36)/t20-,26?/m0/s1. The van der Waals surface area contributed by atoms with Crippen LogP contribution in [0, 0.1) is 0 Å². The highest BCUT2D eigenvalue weighted by Gasteiger charge is 2.42. The molecule has 0 radical (unpaired) electrons. The zero-order chi connectivity index (χ0) is 26.4. The second kappa shape index (κ2) is 11.9. The number of alkyl halides is 3. The Morgan fingerprint density at radius 3 is 1.97 bits per heavy atom. The van der Waals surface area contributed by atoms with Crippen molar-refractivity contribution in [2.75, 3.05) is 4.90 Å². The summed E-state index contributed by atoms with van der Waals surface area (Å²) in [4.78, 5) is 32.9. The lowest BCUT2D eigenvalue weighted by molar-refractivity contribution is -0.126. The van der Waals surface area contributed by atoms with Crippen LogP contribution in [-0.2, 0) is 9.59 Å². The monoisotopic (exact) mass is 595 g/mol. The quantitative estimate of drug-likeness (QED) is 0.218. The van der Waals surface area contributed by atoms with E-state index in [9.17, 15) is 9.59 Å². The molecule has 4 rings (SSSR count). The summed E-state index contributed by atoms with van der Waals surface area (Å²) in [6.07, 6.45) is 3.15. The molecule has 0 saturated heterocycles. The molecule has 5 nitrogen and oxygen atoms in total. The second-order valence-corrected chi connectivity index (χ2v) is 11.8. The Kier molecular flexibility index (Phi) is 8.64. The zero-order valence-corrected chi connectivity index (χ0v) is 23.0. The highest BCUT2D eigenvalue weighted by atomic mass is 79.9. The molecule has 0 spiro atoms. The van der Waals surface area contributed by atoms with Gasteiger partial charge in [0, 0.05) is 23.6 Å². The van der Waals surface area contributed by atoms with Crippen LogP contribution in [0.5, 0.6) is 0 Å². The van der Waals surface area contributed by atoms with E-state index >= 15 is 0 Å². The van der Waals surface area contributed by atoms with Crippen LogP contribution in [0.4, 0.5) is 5.69 Å². The number of nitrogens with one attached hydrogen (secondary N) is 1. The molecule has 4 aromatic rings. The van der Waals surface area contributed by atoms with Crippen LogP contribution in [0.3, 0.4) is 0 Å². The average Bonchev–Trinajstić information content (AvgIpc) is 2.92. The van der Waals surface area contributed by atoms with Gasteiger partial charge in [-0.1, -0.05) is 102 Å². The first kappa shape index (κ1) is 26.9. The number of amides is 2. The Balaban J connectivity index is 1.77. The largest absolute Gasteiger partial charge is 0.347 e. The molecule has 0 bridgehead atoms. The number of hydrogen-bond acceptors (Lipinski definition) is 3. The number of carbonyl (C=O) groups excluding carboxylic acids is 2. The minimum absolute atomic E-state index is 0.314. The van der Waals surface area contributed by atoms with Crippen LogP contribution >= 0.6 is 39.1 Å². The number of nitrogens with zero attached hydrogens (tertiary/aromatic N) is 2. The molecule has 8 heteroatoms. The van der Waals surface area contributed by atoms with E-state index < -0.39 is 21.1 Å². The summed E-state index contributed by atoms with van der Waals surface area (Å²) in [5.41, 5.74) is 3.86. The summed E-state index contributed by atoms with van der Waals surface area (Å²) in [5.74, 6) is -1.12. The predicted octanol–water partition coefficient (Wildman–Crippen LogP) is 7.23. The van der Waals surface area contributed by atoms with Crippen LogP contribution in [0.25, 0.3) is 11.1 Å². The number of rotatable bonds is 8. The molecule has 188 valence electrons. The summed E-state index contributed by atoms with van der Waals surface area (Å²) >= 11 is 15.5. The second-order valence-electron chi connectivity index (χ2n) is 8.42. The van der Waals surface area contributed by atoms with Crippen LogP contribution < -0.4 is 10.2 Å². The van der Waals surface area contributed by atoms with E-state index in [1.54, 1.807) is 36.7 Å². The third-order valence-corrected chi connectivity index (χ3v) is 6.54. The van der Waals surface area contributed by atoms with Gasteiger partial charge < -0.3 is 5.32 Å². The average molecular weight is 597 g/mol. The van der Waals surface area contributed by atoms with Crippen molar-refractivity contribution in [3.05, 3.63) is 121 Å². The lowest BCUT2D eigenvalue weighted by atomic mass is 10.0. The van der Waals surface area contributed by atoms with Crippen LogP contribution in [0.2, 0.25) is 0 Å². The van der Waals surface area contributed by atoms with E-state index in [-0.39, 0.29) is 6.04 Å². The summed E-state index contributed by atoms with van der Waals surface area (Å²) in [6.45, 7) is 1.88. The molecule has 2 amide bonds. The number of hydrogen-bond donors (Lipinski definition) is 1. The van der Waals surface area contributed by atoms with Gasteiger partial charge in [0.1, 0.15) is 6.04 Å². The van der Waals surface area contributed by atoms with Gasteiger partial charge in [-0.15, -0.1) is 0 Å². The molecule has 1 N–H and O–H groups in total. The van der Waals surface area contributed by atoms with Gasteiger partial charge in [0.05, 0.1) is 6.04 Å². The fraction of sp³-hybridized carbons (Fsp3) is 0.138. The molecule has 0 saturated carbocycles. The van der Waals surface area contributed by atoms with Crippen molar-refractivity contribution in [3.8, 4) is 11.1 Å². The fourth-order valence-corrected chi connectivity index (χ4v) is 4.41. The van der Waals surface area contributed by atoms with E-state index in [4.69, 9.17) is 23.2 Å². The van der Waals surface area contributed by atoms with Crippen LogP contribution in [0.1, 0.15) is 30.1 Å². The minimum atomic E-state index is -1.96. The molecule has 1 aromatic heterocycles. The van der Waals surface area contributed by atoms with Crippen molar-refractivity contribution in [3.63, 3.8) is 0 Å². The summed E-state index contributed by atoms with van der Waals surface area (Å²) in [5, 5.41) is 3.03. The van der Waals surface area contributed by atoms with Crippen molar-refractivity contribution in [2.24, 2.45) is 0 Å². The van der Waals surface area contributed by atoms with Crippen molar-refractivity contribution < 1.29 is 9.59 Å². The zero-order valence-electron chi connectivity index (χ0n) is 19.9. The van der Waals surface area contributed by atoms with E-state index in [0.29, 0.717) is 11.3 Å². The maximum Gasteiger partial charge on any atom is 0.275 e. The molecule has 0 aliphatic rings. The highest BCUT2D eigenvalue weighted by molar-refractivity contribution is 9.11. The molecule has 1 heterocycles. The highest BCUT2D eigenvalue weighted by Crippen LogP contribution is 2.38. The van der Waals surface area contributed by atoms with Crippen molar-refractivity contribution >= 4 is 56.6 Å². The number of anilines is 1. The molecule has 0 fully saturated rings. The molecule has 2 atom stereocenters. The first-order valence-corrected chi connectivity index (χ1v) is 13.1. The Hall–Kier alpha value is -3.19. The summed E-state index contributed by atoms with van der Waals surface area (Å²) < 4.78 is -1.96. The lowest BCUT2D eigenvalue weighted by Crippen LogP contribution is -2.48. The van der Waals surface area contributed by atoms with Gasteiger partial charge in [-0.3, -0.25) is 19.5 Å². The van der Waals surface area contributed by atoms with Gasteiger partial charge in [0.2, 0.25) is 9.15 Å². The Labute approximate surface area is 234 Å². The maximum absolute atomic E-state index is 13.8. The third kappa shape index (κ3) is 6.58. The van der Waals surface area contributed by atoms with Crippen molar-refractivity contribution in [2.45, 2.75) is 22.3 Å². The number of carbonyl (C=O) groups is 2. The number of halogens is 3. The first-order chi connectivity index (χ1) is 17.8. The topological polar surface area (TPSA) is 62.3 Å². The lowest BCUT2D eigenvalue weighted by Gasteiger charge is -2.34. The van der Waals surface area contributed by atoms with E-state index in [2.05, 4.69) is 26.2 Å². The number of pyridine rings is 1. The van der Waals surface area contributed by atoms with Crippen molar-refractivity contribution in [1.29, 1.82) is 0 Å². The van der Waals surface area contributed by atoms with Crippen LogP contribution in [0.15, 0.2) is 109 Å². The molecule has 0 aliphatic carbocycles.